The maximum atomic E-state index is 4.58. The molecule has 0 aliphatic rings. The van der Waals surface area contributed by atoms with Gasteiger partial charge in [-0.05, 0) is 47.8 Å². The van der Waals surface area contributed by atoms with Crippen molar-refractivity contribution < 1.29 is 0 Å². The molecule has 1 heterocycles. The number of hydrogen-bond donors (Lipinski definition) is 1. The van der Waals surface area contributed by atoms with Crippen LogP contribution >= 0.6 is 15.9 Å². The van der Waals surface area contributed by atoms with Crippen LogP contribution in [0.25, 0.3) is 0 Å². The average Bonchev–Trinajstić information content (AvgIpc) is 2.79. The molecule has 1 N–H and O–H groups in total. The van der Waals surface area contributed by atoms with Crippen LogP contribution in [0, 0.1) is 0 Å². The first-order valence-corrected chi connectivity index (χ1v) is 8.36. The first-order chi connectivity index (χ1) is 10.2. The van der Waals surface area contributed by atoms with E-state index in [1.807, 2.05) is 18.8 Å². The summed E-state index contributed by atoms with van der Waals surface area (Å²) in [6, 6.07) is 11.1. The van der Waals surface area contributed by atoms with E-state index < -0.39 is 0 Å². The number of aryl methyl sites for hydroxylation is 3. The molecule has 0 spiro atoms. The molecule has 0 amide bonds. The Morgan fingerprint density at radius 2 is 2.00 bits per heavy atom. The van der Waals surface area contributed by atoms with E-state index in [1.165, 1.54) is 15.7 Å². The lowest BCUT2D eigenvalue weighted by Gasteiger charge is -2.16. The van der Waals surface area contributed by atoms with E-state index in [-0.39, 0.29) is 0 Å². The van der Waals surface area contributed by atoms with Crippen LogP contribution in [0.4, 0.5) is 0 Å². The molecular formula is C17H24BrN3. The number of hydrogen-bond acceptors (Lipinski definition) is 2. The zero-order valence-electron chi connectivity index (χ0n) is 13.1. The third-order valence-electron chi connectivity index (χ3n) is 3.98. The Bertz CT molecular complexity index is 563. The highest BCUT2D eigenvalue weighted by molar-refractivity contribution is 9.10. The van der Waals surface area contributed by atoms with Gasteiger partial charge in [-0.15, -0.1) is 0 Å². The van der Waals surface area contributed by atoms with Crippen molar-refractivity contribution in [1.82, 2.24) is 15.1 Å². The van der Waals surface area contributed by atoms with E-state index in [9.17, 15) is 0 Å². The number of aromatic nitrogens is 2. The maximum Gasteiger partial charge on any atom is 0.0766 e. The number of nitrogens with one attached hydrogen (secondary N) is 1. The Kier molecular flexibility index (Phi) is 6.00. The minimum atomic E-state index is 0.460. The van der Waals surface area contributed by atoms with Crippen molar-refractivity contribution in [2.24, 2.45) is 7.05 Å². The highest BCUT2D eigenvalue weighted by Crippen LogP contribution is 2.23. The number of nitrogens with zero attached hydrogens (tertiary/aromatic N) is 2. The molecule has 0 bridgehead atoms. The van der Waals surface area contributed by atoms with Crippen LogP contribution in [-0.2, 0) is 26.3 Å². The fourth-order valence-electron chi connectivity index (χ4n) is 2.61. The number of rotatable bonds is 7. The van der Waals surface area contributed by atoms with Gasteiger partial charge in [0.1, 0.15) is 0 Å². The van der Waals surface area contributed by atoms with E-state index in [2.05, 4.69) is 63.6 Å². The quantitative estimate of drug-likeness (QED) is 0.828. The standard InChI is InChI=1S/C17H24BrN3/c1-4-15-17(18)16(21(3)20-15)12-14(19-2)11-10-13-8-6-5-7-9-13/h5-9,14,19H,4,10-12H2,1-3H3. The molecule has 3 nitrogen and oxygen atoms in total. The molecule has 2 rings (SSSR count). The summed E-state index contributed by atoms with van der Waals surface area (Å²) in [7, 11) is 4.07. The van der Waals surface area contributed by atoms with Gasteiger partial charge >= 0.3 is 0 Å². The topological polar surface area (TPSA) is 29.9 Å². The minimum Gasteiger partial charge on any atom is -0.317 e. The second-order valence-corrected chi connectivity index (χ2v) is 6.19. The van der Waals surface area contributed by atoms with Gasteiger partial charge in [-0.2, -0.15) is 5.10 Å². The molecule has 1 aromatic carbocycles. The van der Waals surface area contributed by atoms with Crippen molar-refractivity contribution in [1.29, 1.82) is 0 Å². The van der Waals surface area contributed by atoms with Crippen molar-refractivity contribution in [2.45, 2.75) is 38.6 Å². The SMILES string of the molecule is CCc1nn(C)c(CC(CCc2ccccc2)NC)c1Br. The molecule has 21 heavy (non-hydrogen) atoms. The predicted molar refractivity (Wildman–Crippen MR) is 91.6 cm³/mol. The first-order valence-electron chi connectivity index (χ1n) is 7.57. The van der Waals surface area contributed by atoms with E-state index in [1.54, 1.807) is 0 Å². The van der Waals surface area contributed by atoms with Gasteiger partial charge in [0.15, 0.2) is 0 Å². The smallest absolute Gasteiger partial charge is 0.0766 e. The monoisotopic (exact) mass is 349 g/mol. The van der Waals surface area contributed by atoms with Gasteiger partial charge in [0.25, 0.3) is 0 Å². The van der Waals surface area contributed by atoms with Gasteiger partial charge in [0, 0.05) is 19.5 Å². The third kappa shape index (κ3) is 4.17. The average molecular weight is 350 g/mol. The second-order valence-electron chi connectivity index (χ2n) is 5.40. The van der Waals surface area contributed by atoms with Crippen LogP contribution in [0.5, 0.6) is 0 Å². The lowest BCUT2D eigenvalue weighted by atomic mass is 10.0. The van der Waals surface area contributed by atoms with Gasteiger partial charge in [-0.3, -0.25) is 4.68 Å². The van der Waals surface area contributed by atoms with E-state index in [0.29, 0.717) is 6.04 Å². The molecule has 1 atom stereocenters. The molecule has 114 valence electrons. The summed E-state index contributed by atoms with van der Waals surface area (Å²) in [6.07, 6.45) is 4.18. The number of likely N-dealkylation sites (N-methyl/N-ethyl adjacent to an activating group) is 1. The largest absolute Gasteiger partial charge is 0.317 e. The molecule has 0 aliphatic carbocycles. The van der Waals surface area contributed by atoms with Crippen molar-refractivity contribution in [3.63, 3.8) is 0 Å². The maximum absolute atomic E-state index is 4.58. The second kappa shape index (κ2) is 7.76. The van der Waals surface area contributed by atoms with Crippen molar-refractivity contribution in [3.05, 3.63) is 51.8 Å². The molecule has 1 aromatic heterocycles. The Hall–Kier alpha value is -1.13. The Morgan fingerprint density at radius 3 is 2.57 bits per heavy atom. The summed E-state index contributed by atoms with van der Waals surface area (Å²) in [5, 5.41) is 8.02. The Morgan fingerprint density at radius 1 is 1.29 bits per heavy atom. The van der Waals surface area contributed by atoms with Gasteiger partial charge in [0.2, 0.25) is 0 Å². The van der Waals surface area contributed by atoms with Crippen LogP contribution in [0.2, 0.25) is 0 Å². The molecule has 0 saturated heterocycles. The molecule has 1 unspecified atom stereocenters. The molecule has 4 heteroatoms. The fourth-order valence-corrected chi connectivity index (χ4v) is 3.39. The Labute approximate surface area is 135 Å². The molecule has 0 aliphatic heterocycles. The minimum absolute atomic E-state index is 0.460. The molecular weight excluding hydrogens is 326 g/mol. The van der Waals surface area contributed by atoms with Crippen LogP contribution < -0.4 is 5.32 Å². The van der Waals surface area contributed by atoms with E-state index in [4.69, 9.17) is 0 Å². The van der Waals surface area contributed by atoms with Gasteiger partial charge in [0.05, 0.1) is 15.9 Å². The lowest BCUT2D eigenvalue weighted by molar-refractivity contribution is 0.502. The van der Waals surface area contributed by atoms with Gasteiger partial charge in [-0.1, -0.05) is 37.3 Å². The number of halogens is 1. The summed E-state index contributed by atoms with van der Waals surface area (Å²) in [5.74, 6) is 0. The highest BCUT2D eigenvalue weighted by Gasteiger charge is 2.16. The third-order valence-corrected chi connectivity index (χ3v) is 4.89. The van der Waals surface area contributed by atoms with Crippen molar-refractivity contribution >= 4 is 15.9 Å². The summed E-state index contributed by atoms with van der Waals surface area (Å²) in [4.78, 5) is 0. The van der Waals surface area contributed by atoms with Crippen LogP contribution in [0.1, 0.15) is 30.3 Å². The van der Waals surface area contributed by atoms with Gasteiger partial charge in [-0.25, -0.2) is 0 Å². The van der Waals surface area contributed by atoms with E-state index >= 15 is 0 Å². The zero-order chi connectivity index (χ0) is 15.2. The van der Waals surface area contributed by atoms with E-state index in [0.717, 1.165) is 31.4 Å². The molecule has 0 saturated carbocycles. The molecule has 2 aromatic rings. The summed E-state index contributed by atoms with van der Waals surface area (Å²) in [6.45, 7) is 2.14. The predicted octanol–water partition coefficient (Wildman–Crippen LogP) is 3.51. The molecule has 0 fully saturated rings. The fraction of sp³-hybridized carbons (Fsp3) is 0.471. The van der Waals surface area contributed by atoms with Crippen molar-refractivity contribution in [3.8, 4) is 0 Å². The summed E-state index contributed by atoms with van der Waals surface area (Å²) >= 11 is 3.70. The Balaban J connectivity index is 2.01. The van der Waals surface area contributed by atoms with Crippen molar-refractivity contribution in [2.75, 3.05) is 7.05 Å². The first kappa shape index (κ1) is 16.2. The zero-order valence-corrected chi connectivity index (χ0v) is 14.7. The molecule has 0 radical (unpaired) electrons. The summed E-state index contributed by atoms with van der Waals surface area (Å²) < 4.78 is 3.18. The lowest BCUT2D eigenvalue weighted by Crippen LogP contribution is -2.29. The summed E-state index contributed by atoms with van der Waals surface area (Å²) in [5.41, 5.74) is 3.82. The van der Waals surface area contributed by atoms with Crippen LogP contribution in [0.15, 0.2) is 34.8 Å². The highest BCUT2D eigenvalue weighted by atomic mass is 79.9. The van der Waals surface area contributed by atoms with Crippen LogP contribution in [0.3, 0.4) is 0 Å². The normalized spacial score (nSPS) is 12.6. The number of benzene rings is 1. The van der Waals surface area contributed by atoms with Gasteiger partial charge < -0.3 is 5.32 Å². The van der Waals surface area contributed by atoms with Crippen LogP contribution in [-0.4, -0.2) is 22.9 Å².